The van der Waals surface area contributed by atoms with Gasteiger partial charge in [0.25, 0.3) is 0 Å². The molecule has 0 bridgehead atoms. The number of nitrogens with zero attached hydrogens (tertiary/aromatic N) is 2. The van der Waals surface area contributed by atoms with Crippen LogP contribution in [-0.4, -0.2) is 28.4 Å². The van der Waals surface area contributed by atoms with E-state index in [4.69, 9.17) is 10.8 Å². The lowest BCUT2D eigenvalue weighted by Crippen LogP contribution is -2.10. The van der Waals surface area contributed by atoms with E-state index in [1.807, 2.05) is 0 Å². The van der Waals surface area contributed by atoms with Crippen molar-refractivity contribution in [3.05, 3.63) is 50.6 Å². The molecule has 0 aromatic heterocycles. The maximum Gasteiger partial charge on any atom is 0.589 e. The summed E-state index contributed by atoms with van der Waals surface area (Å²) in [6.45, 7) is 0.472. The minimum absolute atomic E-state index is 0.0972. The lowest BCUT2D eigenvalue weighted by atomic mass is 10.3. The summed E-state index contributed by atoms with van der Waals surface area (Å²) in [5.74, 6) is -0.139. The van der Waals surface area contributed by atoms with Gasteiger partial charge in [0.05, 0.1) is 6.61 Å². The summed E-state index contributed by atoms with van der Waals surface area (Å²) in [5.41, 5.74) is 4.78. The van der Waals surface area contributed by atoms with Gasteiger partial charge in [-0.1, -0.05) is 18.2 Å². The zero-order valence-corrected chi connectivity index (χ0v) is 11.3. The fraction of sp³-hybridized carbons (Fsp3) is 0.250. The molecule has 0 atom stereocenters. The Bertz CT molecular complexity index is 475. The monoisotopic (exact) mass is 325 g/mol. The van der Waals surface area contributed by atoms with Crippen LogP contribution in [0.2, 0.25) is 0 Å². The van der Waals surface area contributed by atoms with Crippen LogP contribution >= 0.6 is 7.82 Å². The van der Waals surface area contributed by atoms with Gasteiger partial charge < -0.3 is 15.4 Å². The molecular weight excluding hydrogens is 313 g/mol. The van der Waals surface area contributed by atoms with Gasteiger partial charge in [-0.2, -0.15) is 9.25 Å². The van der Waals surface area contributed by atoms with Gasteiger partial charge in [0.15, 0.2) is 0 Å². The molecule has 0 saturated carbocycles. The standard InChI is InChI=1S/C6H5N2O8P.C2H7NO/c9-7(10)15-17(13,16-8(11)12)14-6-4-2-1-3-5-6;3-1-2-4/h1-5H;4H,1-3H2. The molecule has 0 heterocycles. The first-order valence-corrected chi connectivity index (χ1v) is 6.63. The molecule has 0 aliphatic carbocycles. The van der Waals surface area contributed by atoms with Crippen LogP contribution in [0.4, 0.5) is 0 Å². The Morgan fingerprint density at radius 3 is 1.90 bits per heavy atom. The predicted molar refractivity (Wildman–Crippen MR) is 67.0 cm³/mol. The van der Waals surface area contributed by atoms with E-state index in [0.717, 1.165) is 0 Å². The van der Waals surface area contributed by atoms with Crippen molar-refractivity contribution in [2.24, 2.45) is 5.73 Å². The van der Waals surface area contributed by atoms with Crippen LogP contribution in [0.25, 0.3) is 0 Å². The summed E-state index contributed by atoms with van der Waals surface area (Å²) in [6.07, 6.45) is 0. The van der Waals surface area contributed by atoms with Gasteiger partial charge >= 0.3 is 18.0 Å². The van der Waals surface area contributed by atoms with E-state index in [-0.39, 0.29) is 12.4 Å². The van der Waals surface area contributed by atoms with Gasteiger partial charge in [0, 0.05) is 6.54 Å². The summed E-state index contributed by atoms with van der Waals surface area (Å²) in [6, 6.07) is 7.02. The van der Waals surface area contributed by atoms with Crippen LogP contribution in [0.15, 0.2) is 30.3 Å². The first-order chi connectivity index (χ1) is 9.83. The average Bonchev–Trinajstić information content (AvgIpc) is 2.37. The number of aliphatic hydroxyl groups is 1. The Morgan fingerprint density at radius 2 is 1.57 bits per heavy atom. The summed E-state index contributed by atoms with van der Waals surface area (Å²) >= 11 is 0. The van der Waals surface area contributed by atoms with Gasteiger partial charge in [-0.3, -0.25) is 0 Å². The van der Waals surface area contributed by atoms with Crippen molar-refractivity contribution in [1.29, 1.82) is 0 Å². The molecule has 12 nitrogen and oxygen atoms in total. The van der Waals surface area contributed by atoms with Crippen LogP contribution in [0.5, 0.6) is 5.75 Å². The molecule has 0 radical (unpaired) electrons. The Balaban J connectivity index is 0.000000885. The topological polar surface area (TPSA) is 177 Å². The molecule has 0 unspecified atom stereocenters. The van der Waals surface area contributed by atoms with E-state index in [2.05, 4.69) is 13.8 Å². The second kappa shape index (κ2) is 9.47. The lowest BCUT2D eigenvalue weighted by Gasteiger charge is -2.13. The molecular formula is C8H12N3O9P. The van der Waals surface area contributed by atoms with Crippen LogP contribution in [0.1, 0.15) is 0 Å². The highest BCUT2D eigenvalue weighted by Crippen LogP contribution is 2.49. The molecule has 1 aromatic carbocycles. The molecule has 118 valence electrons. The molecule has 3 N–H and O–H groups in total. The third-order valence-electron chi connectivity index (χ3n) is 1.42. The molecule has 0 aliphatic heterocycles. The minimum atomic E-state index is -4.95. The largest absolute Gasteiger partial charge is 0.589 e. The van der Waals surface area contributed by atoms with Crippen molar-refractivity contribution in [2.75, 3.05) is 13.2 Å². The maximum absolute atomic E-state index is 11.5. The first-order valence-electron chi connectivity index (χ1n) is 5.17. The molecule has 21 heavy (non-hydrogen) atoms. The average molecular weight is 325 g/mol. The van der Waals surface area contributed by atoms with Gasteiger partial charge in [-0.05, 0) is 12.1 Å². The summed E-state index contributed by atoms with van der Waals surface area (Å²) < 4.78 is 23.0. The second-order valence-electron chi connectivity index (χ2n) is 2.97. The SMILES string of the molecule is NCCO.O=[N+]([O-])OP(=O)(Oc1ccccc1)O[N+](=O)[O-]. The summed E-state index contributed by atoms with van der Waals surface area (Å²) in [5, 5.41) is 24.8. The molecule has 0 spiro atoms. The summed E-state index contributed by atoms with van der Waals surface area (Å²) in [7, 11) is -4.95. The van der Waals surface area contributed by atoms with Crippen LogP contribution < -0.4 is 10.3 Å². The number of hydrogen-bond donors (Lipinski definition) is 2. The third-order valence-corrected chi connectivity index (χ3v) is 2.52. The first kappa shape index (κ1) is 18.6. The Hall–Kier alpha value is -2.43. The van der Waals surface area contributed by atoms with Gasteiger partial charge in [-0.15, -0.1) is 20.2 Å². The fourth-order valence-corrected chi connectivity index (χ4v) is 1.62. The fourth-order valence-electron chi connectivity index (χ4n) is 0.822. The highest BCUT2D eigenvalue weighted by Gasteiger charge is 2.35. The number of rotatable bonds is 7. The van der Waals surface area contributed by atoms with Crippen molar-refractivity contribution in [3.63, 3.8) is 0 Å². The number of nitrogens with two attached hydrogens (primary N) is 1. The Labute approximate surface area is 117 Å². The molecule has 0 saturated heterocycles. The van der Waals surface area contributed by atoms with E-state index in [1.165, 1.54) is 24.3 Å². The highest BCUT2D eigenvalue weighted by atomic mass is 31.2. The number of aliphatic hydroxyl groups excluding tert-OH is 1. The molecule has 1 aromatic rings. The maximum atomic E-state index is 11.5. The van der Waals surface area contributed by atoms with E-state index >= 15 is 0 Å². The van der Waals surface area contributed by atoms with Crippen molar-refractivity contribution >= 4 is 7.82 Å². The van der Waals surface area contributed by atoms with Gasteiger partial charge in [0.1, 0.15) is 5.75 Å². The second-order valence-corrected chi connectivity index (χ2v) is 4.38. The molecule has 0 amide bonds. The molecule has 0 fully saturated rings. The van der Waals surface area contributed by atoms with Crippen LogP contribution in [0.3, 0.4) is 0 Å². The van der Waals surface area contributed by atoms with E-state index in [1.54, 1.807) is 6.07 Å². The van der Waals surface area contributed by atoms with Crippen LogP contribution in [-0.2, 0) is 13.8 Å². The van der Waals surface area contributed by atoms with Gasteiger partial charge in [0.2, 0.25) is 0 Å². The molecule has 1 rings (SSSR count). The number of phosphoric acid groups is 1. The Morgan fingerprint density at radius 1 is 1.14 bits per heavy atom. The van der Waals surface area contributed by atoms with Crippen molar-refractivity contribution < 1.29 is 33.6 Å². The van der Waals surface area contributed by atoms with Crippen LogP contribution in [0, 0.1) is 20.2 Å². The smallest absolute Gasteiger partial charge is 0.408 e. The number of benzene rings is 1. The molecule has 13 heteroatoms. The quantitative estimate of drug-likeness (QED) is 0.408. The number of hydrogen-bond acceptors (Lipinski definition) is 10. The Kier molecular flexibility index (Phi) is 8.37. The highest BCUT2D eigenvalue weighted by molar-refractivity contribution is 7.48. The zero-order valence-electron chi connectivity index (χ0n) is 10.4. The van der Waals surface area contributed by atoms with E-state index in [9.17, 15) is 24.8 Å². The summed E-state index contributed by atoms with van der Waals surface area (Å²) in [4.78, 5) is 20.0. The number of para-hydroxylation sites is 1. The van der Waals surface area contributed by atoms with Crippen molar-refractivity contribution in [3.8, 4) is 5.75 Å². The van der Waals surface area contributed by atoms with E-state index in [0.29, 0.717) is 6.54 Å². The third kappa shape index (κ3) is 9.15. The minimum Gasteiger partial charge on any atom is -0.408 e. The lowest BCUT2D eigenvalue weighted by molar-refractivity contribution is -0.752. The van der Waals surface area contributed by atoms with Gasteiger partial charge in [-0.25, -0.2) is 4.57 Å². The molecule has 0 aliphatic rings. The van der Waals surface area contributed by atoms with E-state index < -0.39 is 18.0 Å². The van der Waals surface area contributed by atoms with Crippen molar-refractivity contribution in [1.82, 2.24) is 0 Å². The van der Waals surface area contributed by atoms with Crippen molar-refractivity contribution in [2.45, 2.75) is 0 Å². The normalized spacial score (nSPS) is 9.81. The predicted octanol–water partition coefficient (Wildman–Crippen LogP) is 0.528. The zero-order chi connectivity index (χ0) is 16.3.